The van der Waals surface area contributed by atoms with Gasteiger partial charge in [-0.15, -0.1) is 29.1 Å². The van der Waals surface area contributed by atoms with E-state index in [2.05, 4.69) is 107 Å². The van der Waals surface area contributed by atoms with Gasteiger partial charge in [0.2, 0.25) is 0 Å². The Bertz CT molecular complexity index is 1790. The second-order valence-electron chi connectivity index (χ2n) is 14.1. The molecule has 0 saturated heterocycles. The number of allylic oxidation sites excluding steroid dienone is 2. The number of benzene rings is 3. The van der Waals surface area contributed by atoms with Crippen LogP contribution < -0.4 is 5.19 Å². The number of pyridine rings is 1. The Kier molecular flexibility index (Phi) is 13.9. The molecule has 0 aliphatic carbocycles. The smallest absolute Gasteiger partial charge is 0.162 e. The molecule has 0 bridgehead atoms. The molecule has 2 heterocycles. The Labute approximate surface area is 304 Å². The molecule has 48 heavy (non-hydrogen) atoms. The predicted octanol–water partition coefficient (Wildman–Crippen LogP) is 11.5. The van der Waals surface area contributed by atoms with E-state index in [-0.39, 0.29) is 43.5 Å². The number of aromatic nitrogens is 1. The van der Waals surface area contributed by atoms with Crippen molar-refractivity contribution >= 4 is 35.9 Å². The first kappa shape index (κ1) is 39.3. The number of aryl methyl sites for hydroxylation is 2. The van der Waals surface area contributed by atoms with Crippen LogP contribution in [0, 0.1) is 31.7 Å². The number of hydrogen-bond acceptors (Lipinski definition) is 3. The average Bonchev–Trinajstić information content (AvgIpc) is 3.35. The third-order valence-electron chi connectivity index (χ3n) is 9.84. The van der Waals surface area contributed by atoms with Gasteiger partial charge in [0.1, 0.15) is 8.07 Å². The number of fused-ring (bicyclic) bond motifs is 2. The maximum absolute atomic E-state index is 11.7. The van der Waals surface area contributed by atoms with Gasteiger partial charge < -0.3 is 5.11 Å². The van der Waals surface area contributed by atoms with Crippen LogP contribution in [-0.4, -0.2) is 23.9 Å². The maximum atomic E-state index is 11.7. The van der Waals surface area contributed by atoms with Gasteiger partial charge in [-0.1, -0.05) is 113 Å². The van der Waals surface area contributed by atoms with Crippen molar-refractivity contribution in [1.82, 2.24) is 4.98 Å². The molecule has 1 aromatic heterocycles. The summed E-state index contributed by atoms with van der Waals surface area (Å²) in [4.78, 5) is 16.5. The van der Waals surface area contributed by atoms with E-state index in [1.807, 2.05) is 33.9 Å². The molecule has 1 aliphatic rings. The van der Waals surface area contributed by atoms with Crippen molar-refractivity contribution in [1.29, 1.82) is 0 Å². The van der Waals surface area contributed by atoms with E-state index in [4.69, 9.17) is 4.98 Å². The Morgan fingerprint density at radius 3 is 2.17 bits per heavy atom. The minimum Gasteiger partial charge on any atom is -0.512 e. The molecular weight excluding hydrogens is 783 g/mol. The average molecular weight is 837 g/mol. The largest absolute Gasteiger partial charge is 0.512 e. The zero-order valence-electron chi connectivity index (χ0n) is 30.6. The third-order valence-corrected chi connectivity index (χ3v) is 12.7. The van der Waals surface area contributed by atoms with Gasteiger partial charge in [0.15, 0.2) is 5.78 Å². The Morgan fingerprint density at radius 2 is 1.54 bits per heavy atom. The summed E-state index contributed by atoms with van der Waals surface area (Å²) >= 11 is 0. The molecule has 1 N–H and O–H groups in total. The van der Waals surface area contributed by atoms with Crippen molar-refractivity contribution in [2.24, 2.45) is 11.8 Å². The zero-order chi connectivity index (χ0) is 34.5. The van der Waals surface area contributed by atoms with E-state index in [0.29, 0.717) is 5.92 Å². The normalized spacial score (nSPS) is 13.5. The van der Waals surface area contributed by atoms with Gasteiger partial charge in [-0.25, -0.2) is 0 Å². The number of carbonyl (C=O) groups is 1. The summed E-state index contributed by atoms with van der Waals surface area (Å²) in [5.74, 6) is 0.984. The number of rotatable bonds is 10. The zero-order valence-corrected chi connectivity index (χ0v) is 34.0. The second kappa shape index (κ2) is 17.0. The van der Waals surface area contributed by atoms with Crippen molar-refractivity contribution in [3.63, 3.8) is 0 Å². The van der Waals surface area contributed by atoms with E-state index < -0.39 is 8.07 Å². The molecular formula is C43H54IrNO2Si-. The Balaban J connectivity index is 0.000000334. The molecule has 1 aliphatic heterocycles. The van der Waals surface area contributed by atoms with Crippen LogP contribution in [-0.2, 0) is 24.9 Å². The number of carbonyl (C=O) groups excluding carboxylic acids is 1. The SMILES string of the molecule is CCC(CC)C(=O)/C=C(\O)C(CC)CC.Cc1cc(C)c2c(C(C)C)cc(-c3cc(-c4ccc5c(c4)C=C[Si]5(C)C)ccn3)[c-]c2c1.[Ir]. The van der Waals surface area contributed by atoms with E-state index in [9.17, 15) is 9.90 Å². The molecule has 4 aromatic rings. The van der Waals surface area contributed by atoms with Crippen molar-refractivity contribution in [2.75, 3.05) is 0 Å². The van der Waals surface area contributed by atoms with Crippen molar-refractivity contribution in [3.8, 4) is 22.4 Å². The number of hydrogen-bond donors (Lipinski definition) is 1. The molecule has 5 rings (SSSR count). The number of ketones is 1. The minimum atomic E-state index is -1.40. The second-order valence-corrected chi connectivity index (χ2v) is 18.4. The van der Waals surface area contributed by atoms with Crippen molar-refractivity contribution in [2.45, 2.75) is 100 Å². The van der Waals surface area contributed by atoms with Crippen LogP contribution in [0.4, 0.5) is 0 Å². The molecule has 3 aromatic carbocycles. The van der Waals surface area contributed by atoms with Gasteiger partial charge in [0.25, 0.3) is 0 Å². The van der Waals surface area contributed by atoms with Gasteiger partial charge in [-0.2, -0.15) is 0 Å². The first-order valence-corrected chi connectivity index (χ1v) is 20.6. The molecule has 3 nitrogen and oxygen atoms in total. The summed E-state index contributed by atoms with van der Waals surface area (Å²) in [6, 6.07) is 21.8. The number of aliphatic hydroxyl groups is 1. The fourth-order valence-corrected chi connectivity index (χ4v) is 9.03. The summed E-state index contributed by atoms with van der Waals surface area (Å²) in [6.45, 7) is 21.8. The van der Waals surface area contributed by atoms with Gasteiger partial charge in [0, 0.05) is 49.9 Å². The van der Waals surface area contributed by atoms with Crippen LogP contribution in [0.3, 0.4) is 0 Å². The quantitative estimate of drug-likeness (QED) is 0.0749. The summed E-state index contributed by atoms with van der Waals surface area (Å²) in [5.41, 5.74) is 12.3. The number of nitrogens with zero attached hydrogens (tertiary/aromatic N) is 1. The van der Waals surface area contributed by atoms with Crippen LogP contribution >= 0.6 is 0 Å². The molecule has 0 amide bonds. The van der Waals surface area contributed by atoms with E-state index in [1.165, 1.54) is 55.4 Å². The fraction of sp³-hybridized carbons (Fsp3) is 0.395. The van der Waals surface area contributed by atoms with Crippen LogP contribution in [0.1, 0.15) is 95.4 Å². The van der Waals surface area contributed by atoms with Crippen LogP contribution in [0.15, 0.2) is 72.3 Å². The van der Waals surface area contributed by atoms with Gasteiger partial charge in [-0.3, -0.25) is 9.78 Å². The molecule has 0 atom stereocenters. The third kappa shape index (κ3) is 8.91. The minimum absolute atomic E-state index is 0. The molecule has 0 saturated carbocycles. The topological polar surface area (TPSA) is 50.2 Å². The first-order valence-electron chi connectivity index (χ1n) is 17.5. The van der Waals surface area contributed by atoms with Crippen molar-refractivity contribution in [3.05, 3.63) is 101 Å². The predicted molar refractivity (Wildman–Crippen MR) is 205 cm³/mol. The van der Waals surface area contributed by atoms with E-state index in [0.717, 1.165) is 36.9 Å². The Hall–Kier alpha value is -3.11. The molecule has 1 radical (unpaired) electrons. The molecule has 0 spiro atoms. The maximum Gasteiger partial charge on any atom is 0.162 e. The molecule has 0 fully saturated rings. The first-order chi connectivity index (χ1) is 22.3. The van der Waals surface area contributed by atoms with Crippen LogP contribution in [0.25, 0.3) is 39.2 Å². The molecule has 257 valence electrons. The number of aliphatic hydroxyl groups excluding tert-OH is 1. The Morgan fingerprint density at radius 1 is 0.896 bits per heavy atom. The summed E-state index contributed by atoms with van der Waals surface area (Å²) in [7, 11) is -1.40. The monoisotopic (exact) mass is 837 g/mol. The molecule has 5 heteroatoms. The van der Waals surface area contributed by atoms with Gasteiger partial charge >= 0.3 is 0 Å². The van der Waals surface area contributed by atoms with E-state index >= 15 is 0 Å². The van der Waals surface area contributed by atoms with Crippen LogP contribution in [0.2, 0.25) is 13.1 Å². The van der Waals surface area contributed by atoms with E-state index in [1.54, 1.807) is 0 Å². The fourth-order valence-electron chi connectivity index (χ4n) is 6.84. The van der Waals surface area contributed by atoms with Gasteiger partial charge in [-0.05, 0) is 79.5 Å². The summed E-state index contributed by atoms with van der Waals surface area (Å²) in [6.07, 6.45) is 9.15. The summed E-state index contributed by atoms with van der Waals surface area (Å²) in [5, 5.41) is 13.8. The summed E-state index contributed by atoms with van der Waals surface area (Å²) < 4.78 is 0. The van der Waals surface area contributed by atoms with Crippen molar-refractivity contribution < 1.29 is 30.0 Å². The van der Waals surface area contributed by atoms with Gasteiger partial charge in [0.05, 0.1) is 5.76 Å². The van der Waals surface area contributed by atoms with Crippen LogP contribution in [0.5, 0.6) is 0 Å². The standard InChI is InChI=1S/C30H30NSi.C13H24O2.Ir/c1-19(2)27-17-25(16-26-14-20(3)13-21(4)30(26)27)28-18-23(9-11-31-28)22-7-8-29-24(15-22)10-12-32(29,5)6;1-5-10(6-2)12(14)9-13(15)11(7-3)8-4;/h7-15,17-19H,1-6H3;9-11,14H,5-8H2,1-4H3;/q-1;;/b;12-9-;. The molecule has 0 unspecified atom stereocenters.